The van der Waals surface area contributed by atoms with E-state index in [4.69, 9.17) is 4.74 Å². The molecule has 1 N–H and O–H groups in total. The van der Waals surface area contributed by atoms with E-state index < -0.39 is 40.2 Å². The van der Waals surface area contributed by atoms with E-state index in [9.17, 15) is 22.4 Å². The van der Waals surface area contributed by atoms with Crippen LogP contribution in [0, 0.1) is 5.82 Å². The number of nitrogens with zero attached hydrogens (tertiary/aromatic N) is 2. The molecule has 0 aliphatic heterocycles. The predicted molar refractivity (Wildman–Crippen MR) is 140 cm³/mol. The molecule has 0 bridgehead atoms. The fourth-order valence-electron chi connectivity index (χ4n) is 3.87. The predicted octanol–water partition coefficient (Wildman–Crippen LogP) is 2.99. The van der Waals surface area contributed by atoms with Gasteiger partial charge in [-0.3, -0.25) is 13.9 Å². The molecule has 10 heteroatoms. The summed E-state index contributed by atoms with van der Waals surface area (Å²) >= 11 is 0. The second-order valence-electron chi connectivity index (χ2n) is 8.44. The van der Waals surface area contributed by atoms with Gasteiger partial charge in [-0.05, 0) is 47.5 Å². The van der Waals surface area contributed by atoms with E-state index in [0.29, 0.717) is 11.3 Å². The zero-order valence-electron chi connectivity index (χ0n) is 20.9. The van der Waals surface area contributed by atoms with Gasteiger partial charge in [0.15, 0.2) is 0 Å². The number of halogens is 1. The third-order valence-electron chi connectivity index (χ3n) is 5.82. The molecular weight excluding hydrogens is 497 g/mol. The van der Waals surface area contributed by atoms with E-state index >= 15 is 0 Å². The number of sulfonamides is 1. The smallest absolute Gasteiger partial charge is 0.244 e. The highest BCUT2D eigenvalue weighted by Gasteiger charge is 2.32. The van der Waals surface area contributed by atoms with Crippen molar-refractivity contribution in [2.75, 3.05) is 31.3 Å². The number of likely N-dealkylation sites (N-methyl/N-ethyl adjacent to an activating group) is 1. The van der Waals surface area contributed by atoms with Gasteiger partial charge in [0.2, 0.25) is 21.8 Å². The lowest BCUT2D eigenvalue weighted by atomic mass is 10.0. The lowest BCUT2D eigenvalue weighted by molar-refractivity contribution is -0.139. The van der Waals surface area contributed by atoms with Crippen LogP contribution < -0.4 is 14.4 Å². The molecule has 0 aromatic heterocycles. The van der Waals surface area contributed by atoms with Crippen LogP contribution in [0.4, 0.5) is 10.1 Å². The van der Waals surface area contributed by atoms with E-state index in [-0.39, 0.29) is 18.7 Å². The molecule has 196 valence electrons. The molecule has 0 radical (unpaired) electrons. The number of benzene rings is 3. The van der Waals surface area contributed by atoms with Crippen molar-refractivity contribution >= 4 is 27.5 Å². The minimum Gasteiger partial charge on any atom is -0.497 e. The molecule has 1 unspecified atom stereocenters. The summed E-state index contributed by atoms with van der Waals surface area (Å²) < 4.78 is 45.0. The Morgan fingerprint density at radius 1 is 0.946 bits per heavy atom. The Kier molecular flexibility index (Phi) is 9.24. The van der Waals surface area contributed by atoms with Gasteiger partial charge in [0.1, 0.15) is 24.2 Å². The average molecular weight is 528 g/mol. The Bertz CT molecular complexity index is 1300. The number of anilines is 1. The maximum Gasteiger partial charge on any atom is 0.244 e. The molecule has 37 heavy (non-hydrogen) atoms. The van der Waals surface area contributed by atoms with E-state index in [0.717, 1.165) is 16.1 Å². The van der Waals surface area contributed by atoms with Crippen LogP contribution in [0.2, 0.25) is 0 Å². The first kappa shape index (κ1) is 27.7. The topological polar surface area (TPSA) is 96.0 Å². The van der Waals surface area contributed by atoms with Crippen LogP contribution in [0.3, 0.4) is 0 Å². The molecule has 1 atom stereocenters. The van der Waals surface area contributed by atoms with Crippen LogP contribution in [0.25, 0.3) is 0 Å². The molecule has 0 aliphatic carbocycles. The Morgan fingerprint density at radius 2 is 1.57 bits per heavy atom. The van der Waals surface area contributed by atoms with Gasteiger partial charge in [0.25, 0.3) is 0 Å². The summed E-state index contributed by atoms with van der Waals surface area (Å²) in [5.41, 5.74) is 1.69. The van der Waals surface area contributed by atoms with Crippen molar-refractivity contribution in [2.45, 2.75) is 19.0 Å². The van der Waals surface area contributed by atoms with Gasteiger partial charge in [-0.25, -0.2) is 12.8 Å². The Labute approximate surface area is 216 Å². The highest BCUT2D eigenvalue weighted by atomic mass is 32.2. The molecule has 0 saturated heterocycles. The molecule has 3 aromatic rings. The highest BCUT2D eigenvalue weighted by molar-refractivity contribution is 7.92. The van der Waals surface area contributed by atoms with Crippen molar-refractivity contribution in [3.8, 4) is 5.75 Å². The zero-order valence-corrected chi connectivity index (χ0v) is 21.7. The van der Waals surface area contributed by atoms with Crippen LogP contribution in [0.1, 0.15) is 11.1 Å². The molecule has 3 rings (SSSR count). The third kappa shape index (κ3) is 7.53. The summed E-state index contributed by atoms with van der Waals surface area (Å²) in [6, 6.07) is 20.1. The number of hydrogen-bond donors (Lipinski definition) is 1. The number of hydrogen-bond acceptors (Lipinski definition) is 5. The van der Waals surface area contributed by atoms with Crippen LogP contribution in [0.5, 0.6) is 5.75 Å². The number of carbonyl (C=O) groups excluding carboxylic acids is 2. The molecule has 0 fully saturated rings. The number of methoxy groups -OCH3 is 1. The molecule has 0 saturated carbocycles. The van der Waals surface area contributed by atoms with Gasteiger partial charge in [0.05, 0.1) is 19.1 Å². The van der Waals surface area contributed by atoms with Gasteiger partial charge in [-0.1, -0.05) is 42.5 Å². The molecule has 0 spiro atoms. The highest BCUT2D eigenvalue weighted by Crippen LogP contribution is 2.23. The molecule has 8 nitrogen and oxygen atoms in total. The molecular formula is C27H30FN3O5S. The number of ether oxygens (including phenoxy) is 1. The normalized spacial score (nSPS) is 11.9. The first-order valence-electron chi connectivity index (χ1n) is 11.5. The Morgan fingerprint density at radius 3 is 2.11 bits per heavy atom. The molecule has 0 aliphatic rings. The van der Waals surface area contributed by atoms with E-state index in [1.807, 2.05) is 30.3 Å². The average Bonchev–Trinajstić information content (AvgIpc) is 2.89. The standard InChI is InChI=1S/C27H30FN3O5S/c1-29-27(33)25(17-20-7-5-4-6-8-20)30(18-21-9-11-22(28)12-10-21)26(32)19-31(37(3,34)35)23-13-15-24(36-2)16-14-23/h4-16,25H,17-19H2,1-3H3,(H,29,33). The van der Waals surface area contributed by atoms with Gasteiger partial charge in [0, 0.05) is 20.0 Å². The van der Waals surface area contributed by atoms with Crippen molar-refractivity contribution in [3.63, 3.8) is 0 Å². The van der Waals surface area contributed by atoms with Crippen LogP contribution >= 0.6 is 0 Å². The maximum absolute atomic E-state index is 13.8. The van der Waals surface area contributed by atoms with E-state index in [1.165, 1.54) is 55.5 Å². The number of amides is 2. The zero-order chi connectivity index (χ0) is 27.0. The maximum atomic E-state index is 13.8. The second-order valence-corrected chi connectivity index (χ2v) is 10.3. The molecule has 0 heterocycles. The first-order valence-corrected chi connectivity index (χ1v) is 13.4. The van der Waals surface area contributed by atoms with Gasteiger partial charge in [-0.2, -0.15) is 0 Å². The summed E-state index contributed by atoms with van der Waals surface area (Å²) in [4.78, 5) is 28.1. The number of carbonyl (C=O) groups is 2. The van der Waals surface area contributed by atoms with Gasteiger partial charge >= 0.3 is 0 Å². The van der Waals surface area contributed by atoms with E-state index in [1.54, 1.807) is 12.1 Å². The first-order chi connectivity index (χ1) is 17.6. The largest absolute Gasteiger partial charge is 0.497 e. The SMILES string of the molecule is CNC(=O)C(Cc1ccccc1)N(Cc1ccc(F)cc1)C(=O)CN(c1ccc(OC)cc1)S(C)(=O)=O. The third-order valence-corrected chi connectivity index (χ3v) is 6.96. The molecule has 2 amide bonds. The summed E-state index contributed by atoms with van der Waals surface area (Å²) in [6.07, 6.45) is 1.21. The van der Waals surface area contributed by atoms with Crippen molar-refractivity contribution in [3.05, 3.63) is 95.8 Å². The minimum atomic E-state index is -3.86. The van der Waals surface area contributed by atoms with Crippen molar-refractivity contribution in [2.24, 2.45) is 0 Å². The summed E-state index contributed by atoms with van der Waals surface area (Å²) in [5.74, 6) is -0.898. The minimum absolute atomic E-state index is 0.0236. The summed E-state index contributed by atoms with van der Waals surface area (Å²) in [6.45, 7) is -0.557. The molecule has 3 aromatic carbocycles. The number of rotatable bonds is 11. The van der Waals surface area contributed by atoms with Crippen molar-refractivity contribution < 1.29 is 27.1 Å². The number of nitrogens with one attached hydrogen (secondary N) is 1. The van der Waals surface area contributed by atoms with Gasteiger partial charge in [-0.15, -0.1) is 0 Å². The second kappa shape index (κ2) is 12.4. The van der Waals surface area contributed by atoms with Crippen LogP contribution in [-0.4, -0.2) is 58.1 Å². The van der Waals surface area contributed by atoms with Crippen molar-refractivity contribution in [1.82, 2.24) is 10.2 Å². The lowest BCUT2D eigenvalue weighted by Gasteiger charge is -2.33. The Balaban J connectivity index is 2.00. The fraction of sp³-hybridized carbons (Fsp3) is 0.259. The lowest BCUT2D eigenvalue weighted by Crippen LogP contribution is -2.52. The van der Waals surface area contributed by atoms with Crippen LogP contribution in [0.15, 0.2) is 78.9 Å². The van der Waals surface area contributed by atoms with Gasteiger partial charge < -0.3 is 15.0 Å². The Hall–Kier alpha value is -3.92. The fourth-order valence-corrected chi connectivity index (χ4v) is 4.72. The summed E-state index contributed by atoms with van der Waals surface area (Å²) in [5, 5.41) is 2.60. The summed E-state index contributed by atoms with van der Waals surface area (Å²) in [7, 11) is -0.895. The van der Waals surface area contributed by atoms with Crippen LogP contribution in [-0.2, 0) is 32.6 Å². The van der Waals surface area contributed by atoms with Crippen molar-refractivity contribution in [1.29, 1.82) is 0 Å². The quantitative estimate of drug-likeness (QED) is 0.414. The van der Waals surface area contributed by atoms with E-state index in [2.05, 4.69) is 5.32 Å². The monoisotopic (exact) mass is 527 g/mol.